The van der Waals surface area contributed by atoms with Crippen molar-refractivity contribution in [2.45, 2.75) is 38.1 Å². The molecule has 1 aromatic heterocycles. The average Bonchev–Trinajstić information content (AvgIpc) is 2.88. The summed E-state index contributed by atoms with van der Waals surface area (Å²) in [4.78, 5) is 4.57. The summed E-state index contributed by atoms with van der Waals surface area (Å²) in [7, 11) is -3.43. The van der Waals surface area contributed by atoms with Gasteiger partial charge in [0.15, 0.2) is 5.89 Å². The molecule has 3 heterocycles. The standard InChI is InChI=1S/C14H21N3O4S/c18-22(19,16-6-8-20-9-7-16)17-5-4-13-12(10-17)15-14(21-13)11-2-1-3-11/h11H,1-10H2. The summed E-state index contributed by atoms with van der Waals surface area (Å²) in [5.41, 5.74) is 0.796. The van der Waals surface area contributed by atoms with Crippen LogP contribution in [0.15, 0.2) is 4.42 Å². The number of aromatic nitrogens is 1. The van der Waals surface area contributed by atoms with E-state index >= 15 is 0 Å². The zero-order chi connectivity index (χ0) is 15.2. The predicted molar refractivity (Wildman–Crippen MR) is 78.5 cm³/mol. The van der Waals surface area contributed by atoms with E-state index in [9.17, 15) is 8.42 Å². The van der Waals surface area contributed by atoms with Gasteiger partial charge in [-0.05, 0) is 12.8 Å². The maximum absolute atomic E-state index is 12.7. The first-order valence-electron chi connectivity index (χ1n) is 7.96. The molecule has 0 atom stereocenters. The second-order valence-electron chi connectivity index (χ2n) is 6.15. The van der Waals surface area contributed by atoms with Gasteiger partial charge in [0.2, 0.25) is 0 Å². The SMILES string of the molecule is O=S(=O)(N1CCOCC1)N1CCc2oc(C3CCC3)nc2C1. The first kappa shape index (κ1) is 14.6. The normalized spacial score (nSPS) is 24.9. The van der Waals surface area contributed by atoms with Crippen molar-refractivity contribution in [2.24, 2.45) is 0 Å². The van der Waals surface area contributed by atoms with E-state index in [1.807, 2.05) is 0 Å². The monoisotopic (exact) mass is 327 g/mol. The zero-order valence-electron chi connectivity index (χ0n) is 12.5. The van der Waals surface area contributed by atoms with Gasteiger partial charge in [0.25, 0.3) is 10.2 Å². The molecule has 22 heavy (non-hydrogen) atoms. The molecule has 0 N–H and O–H groups in total. The number of rotatable bonds is 3. The number of morpholine rings is 1. The Labute approximate surface area is 130 Å². The van der Waals surface area contributed by atoms with E-state index in [1.165, 1.54) is 15.0 Å². The van der Waals surface area contributed by atoms with Crippen molar-refractivity contribution in [3.63, 3.8) is 0 Å². The van der Waals surface area contributed by atoms with Gasteiger partial charge in [-0.2, -0.15) is 17.0 Å². The molecule has 122 valence electrons. The molecule has 2 fully saturated rings. The molecular weight excluding hydrogens is 306 g/mol. The first-order valence-corrected chi connectivity index (χ1v) is 9.36. The molecule has 7 nitrogen and oxygen atoms in total. The largest absolute Gasteiger partial charge is 0.445 e. The number of ether oxygens (including phenoxy) is 1. The first-order chi connectivity index (χ1) is 10.6. The predicted octanol–water partition coefficient (Wildman–Crippen LogP) is 0.877. The van der Waals surface area contributed by atoms with Crippen molar-refractivity contribution in [1.82, 2.24) is 13.6 Å². The van der Waals surface area contributed by atoms with Gasteiger partial charge in [-0.15, -0.1) is 0 Å². The van der Waals surface area contributed by atoms with Crippen LogP contribution in [0.3, 0.4) is 0 Å². The minimum absolute atomic E-state index is 0.325. The Hall–Kier alpha value is -0.960. The number of oxazole rings is 1. The number of fused-ring (bicyclic) bond motifs is 1. The molecule has 0 bridgehead atoms. The van der Waals surface area contributed by atoms with E-state index < -0.39 is 10.2 Å². The Kier molecular flexibility index (Phi) is 3.72. The van der Waals surface area contributed by atoms with E-state index in [-0.39, 0.29) is 0 Å². The number of nitrogens with zero attached hydrogens (tertiary/aromatic N) is 3. The molecule has 8 heteroatoms. The second-order valence-corrected chi connectivity index (χ2v) is 8.08. The van der Waals surface area contributed by atoms with Crippen LogP contribution in [0.4, 0.5) is 0 Å². The van der Waals surface area contributed by atoms with Crippen molar-refractivity contribution < 1.29 is 17.6 Å². The Morgan fingerprint density at radius 3 is 2.55 bits per heavy atom. The molecule has 0 unspecified atom stereocenters. The Morgan fingerprint density at radius 2 is 1.86 bits per heavy atom. The molecular formula is C14H21N3O4S. The van der Waals surface area contributed by atoms with Crippen LogP contribution in [-0.4, -0.2) is 54.9 Å². The lowest BCUT2D eigenvalue weighted by Gasteiger charge is -2.33. The summed E-state index contributed by atoms with van der Waals surface area (Å²) in [6.07, 6.45) is 4.11. The van der Waals surface area contributed by atoms with Gasteiger partial charge in [0.1, 0.15) is 5.76 Å². The molecule has 0 radical (unpaired) electrons. The molecule has 0 aromatic carbocycles. The summed E-state index contributed by atoms with van der Waals surface area (Å²) < 4.78 is 39.5. The smallest absolute Gasteiger partial charge is 0.282 e. The van der Waals surface area contributed by atoms with Crippen molar-refractivity contribution in [1.29, 1.82) is 0 Å². The lowest BCUT2D eigenvalue weighted by Crippen LogP contribution is -2.49. The third-order valence-corrected chi connectivity index (χ3v) is 6.77. The van der Waals surface area contributed by atoms with Crippen LogP contribution in [-0.2, 0) is 27.9 Å². The van der Waals surface area contributed by atoms with Crippen LogP contribution < -0.4 is 0 Å². The van der Waals surface area contributed by atoms with Gasteiger partial charge in [-0.3, -0.25) is 0 Å². The third kappa shape index (κ3) is 2.47. The van der Waals surface area contributed by atoms with Crippen LogP contribution in [0, 0.1) is 0 Å². The molecule has 1 saturated heterocycles. The Balaban J connectivity index is 1.52. The molecule has 0 amide bonds. The van der Waals surface area contributed by atoms with Gasteiger partial charge in [0.05, 0.1) is 25.5 Å². The fourth-order valence-electron chi connectivity index (χ4n) is 3.16. The van der Waals surface area contributed by atoms with Crippen molar-refractivity contribution >= 4 is 10.2 Å². The van der Waals surface area contributed by atoms with Gasteiger partial charge in [-0.1, -0.05) is 6.42 Å². The van der Waals surface area contributed by atoms with E-state index in [2.05, 4.69) is 4.98 Å². The fourth-order valence-corrected chi connectivity index (χ4v) is 4.71. The van der Waals surface area contributed by atoms with Crippen LogP contribution in [0.2, 0.25) is 0 Å². The Bertz CT molecular complexity index is 647. The van der Waals surface area contributed by atoms with Crippen LogP contribution >= 0.6 is 0 Å². The lowest BCUT2D eigenvalue weighted by molar-refractivity contribution is 0.0698. The number of hydrogen-bond donors (Lipinski definition) is 0. The summed E-state index contributed by atoms with van der Waals surface area (Å²) in [6, 6.07) is 0. The highest BCUT2D eigenvalue weighted by Crippen LogP contribution is 2.37. The maximum atomic E-state index is 12.7. The van der Waals surface area contributed by atoms with Crippen molar-refractivity contribution in [3.05, 3.63) is 17.3 Å². The van der Waals surface area contributed by atoms with Gasteiger partial charge in [-0.25, -0.2) is 4.98 Å². The fraction of sp³-hybridized carbons (Fsp3) is 0.786. The minimum atomic E-state index is -3.43. The molecule has 0 spiro atoms. The summed E-state index contributed by atoms with van der Waals surface area (Å²) in [5, 5.41) is 0. The zero-order valence-corrected chi connectivity index (χ0v) is 13.3. The maximum Gasteiger partial charge on any atom is 0.282 e. The molecule has 2 aliphatic heterocycles. The van der Waals surface area contributed by atoms with E-state index in [0.717, 1.165) is 30.2 Å². The lowest BCUT2D eigenvalue weighted by atomic mass is 9.85. The minimum Gasteiger partial charge on any atom is -0.445 e. The highest BCUT2D eigenvalue weighted by Gasteiger charge is 2.36. The van der Waals surface area contributed by atoms with Gasteiger partial charge < -0.3 is 9.15 Å². The van der Waals surface area contributed by atoms with Crippen molar-refractivity contribution in [2.75, 3.05) is 32.8 Å². The Morgan fingerprint density at radius 1 is 1.09 bits per heavy atom. The van der Waals surface area contributed by atoms with Crippen LogP contribution in [0.5, 0.6) is 0 Å². The molecule has 1 aliphatic carbocycles. The second kappa shape index (κ2) is 5.59. The van der Waals surface area contributed by atoms with E-state index in [1.54, 1.807) is 0 Å². The topological polar surface area (TPSA) is 75.9 Å². The van der Waals surface area contributed by atoms with E-state index in [0.29, 0.717) is 51.7 Å². The molecule has 4 rings (SSSR count). The summed E-state index contributed by atoms with van der Waals surface area (Å²) in [5.74, 6) is 2.12. The average molecular weight is 327 g/mol. The van der Waals surface area contributed by atoms with E-state index in [4.69, 9.17) is 9.15 Å². The third-order valence-electron chi connectivity index (χ3n) is 4.79. The quantitative estimate of drug-likeness (QED) is 0.824. The van der Waals surface area contributed by atoms with Crippen LogP contribution in [0.25, 0.3) is 0 Å². The molecule has 1 aromatic rings. The summed E-state index contributed by atoms with van der Waals surface area (Å²) >= 11 is 0. The summed E-state index contributed by atoms with van der Waals surface area (Å²) in [6.45, 7) is 2.58. The van der Waals surface area contributed by atoms with Gasteiger partial charge >= 0.3 is 0 Å². The van der Waals surface area contributed by atoms with Crippen LogP contribution in [0.1, 0.15) is 42.5 Å². The number of hydrogen-bond acceptors (Lipinski definition) is 5. The molecule has 3 aliphatic rings. The van der Waals surface area contributed by atoms with Gasteiger partial charge in [0, 0.05) is 32.0 Å². The highest BCUT2D eigenvalue weighted by molar-refractivity contribution is 7.86. The van der Waals surface area contributed by atoms with Crippen molar-refractivity contribution in [3.8, 4) is 0 Å². The molecule has 1 saturated carbocycles. The highest BCUT2D eigenvalue weighted by atomic mass is 32.2.